The molecule has 0 unspecified atom stereocenters. The molecule has 0 saturated heterocycles. The minimum atomic E-state index is 0.253. The minimum absolute atomic E-state index is 0.253. The van der Waals surface area contributed by atoms with Crippen LogP contribution in [0.25, 0.3) is 0 Å². The second kappa shape index (κ2) is 2.84. The lowest BCUT2D eigenvalue weighted by Gasteiger charge is -2.04. The molecule has 12 heavy (non-hydrogen) atoms. The Kier molecular flexibility index (Phi) is 1.83. The predicted molar refractivity (Wildman–Crippen MR) is 45.5 cm³/mol. The normalized spacial score (nSPS) is 13.5. The van der Waals surface area contributed by atoms with E-state index in [1.54, 1.807) is 12.1 Å². The first-order chi connectivity index (χ1) is 5.83. The quantitative estimate of drug-likeness (QED) is 0.722. The summed E-state index contributed by atoms with van der Waals surface area (Å²) in [6.45, 7) is 0.619. The van der Waals surface area contributed by atoms with Crippen LogP contribution >= 0.6 is 11.6 Å². The minimum Gasteiger partial charge on any atom is -0.454 e. The molecule has 2 rings (SSSR count). The van der Waals surface area contributed by atoms with Crippen LogP contribution in [0.2, 0.25) is 5.02 Å². The van der Waals surface area contributed by atoms with Crippen LogP contribution in [0, 0.1) is 0 Å². The van der Waals surface area contributed by atoms with Gasteiger partial charge in [0.2, 0.25) is 6.79 Å². The molecule has 1 aromatic carbocycles. The standard InChI is InChI=1S/C8H8ClNO2/c9-6-1-2-7-8(5(6)3-10)12-4-11-7/h1-2H,3-4,10H2. The summed E-state index contributed by atoms with van der Waals surface area (Å²) in [5.74, 6) is 1.41. The van der Waals surface area contributed by atoms with Gasteiger partial charge in [-0.2, -0.15) is 0 Å². The second-order valence-electron chi connectivity index (χ2n) is 2.46. The molecule has 2 N–H and O–H groups in total. The van der Waals surface area contributed by atoms with Crippen molar-refractivity contribution in [1.82, 2.24) is 0 Å². The van der Waals surface area contributed by atoms with Crippen molar-refractivity contribution >= 4 is 11.6 Å². The van der Waals surface area contributed by atoms with Crippen LogP contribution in [0.5, 0.6) is 11.5 Å². The van der Waals surface area contributed by atoms with Gasteiger partial charge in [-0.1, -0.05) is 11.6 Å². The van der Waals surface area contributed by atoms with E-state index in [1.807, 2.05) is 0 Å². The van der Waals surface area contributed by atoms with Gasteiger partial charge in [-0.3, -0.25) is 0 Å². The van der Waals surface area contributed by atoms with E-state index in [0.717, 1.165) is 11.3 Å². The van der Waals surface area contributed by atoms with Gasteiger partial charge in [0.15, 0.2) is 11.5 Å². The summed E-state index contributed by atoms with van der Waals surface area (Å²) >= 11 is 5.89. The summed E-state index contributed by atoms with van der Waals surface area (Å²) in [6, 6.07) is 3.54. The molecule has 0 fully saturated rings. The molecule has 0 bridgehead atoms. The van der Waals surface area contributed by atoms with Crippen molar-refractivity contribution in [2.24, 2.45) is 5.73 Å². The number of rotatable bonds is 1. The number of ether oxygens (including phenoxy) is 2. The maximum Gasteiger partial charge on any atom is 0.231 e. The molecule has 64 valence electrons. The number of benzene rings is 1. The average Bonchev–Trinajstić information content (AvgIpc) is 2.52. The highest BCUT2D eigenvalue weighted by Crippen LogP contribution is 2.38. The highest BCUT2D eigenvalue weighted by atomic mass is 35.5. The summed E-state index contributed by atoms with van der Waals surface area (Å²) < 4.78 is 10.4. The third-order valence-electron chi connectivity index (χ3n) is 1.79. The van der Waals surface area contributed by atoms with Gasteiger partial charge in [0.25, 0.3) is 0 Å². The summed E-state index contributed by atoms with van der Waals surface area (Å²) in [6.07, 6.45) is 0. The van der Waals surface area contributed by atoms with Crippen LogP contribution in [0.3, 0.4) is 0 Å². The Morgan fingerprint density at radius 3 is 3.00 bits per heavy atom. The van der Waals surface area contributed by atoms with Crippen molar-refractivity contribution in [3.63, 3.8) is 0 Å². The molecule has 1 aliphatic rings. The molecule has 3 nitrogen and oxygen atoms in total. The highest BCUT2D eigenvalue weighted by molar-refractivity contribution is 6.31. The fourth-order valence-corrected chi connectivity index (χ4v) is 1.42. The van der Waals surface area contributed by atoms with Crippen LogP contribution in [-0.4, -0.2) is 6.79 Å². The molecule has 0 aliphatic carbocycles. The first-order valence-electron chi connectivity index (χ1n) is 3.60. The molecule has 1 aromatic rings. The second-order valence-corrected chi connectivity index (χ2v) is 2.87. The van der Waals surface area contributed by atoms with Crippen molar-refractivity contribution in [2.45, 2.75) is 6.54 Å². The van der Waals surface area contributed by atoms with Crippen molar-refractivity contribution < 1.29 is 9.47 Å². The van der Waals surface area contributed by atoms with Gasteiger partial charge in [0, 0.05) is 17.1 Å². The van der Waals surface area contributed by atoms with Crippen molar-refractivity contribution in [3.05, 3.63) is 22.7 Å². The Hall–Kier alpha value is -0.930. The Bertz CT molecular complexity index is 314. The predicted octanol–water partition coefficient (Wildman–Crippen LogP) is 1.53. The molecule has 1 aliphatic heterocycles. The largest absolute Gasteiger partial charge is 0.454 e. The van der Waals surface area contributed by atoms with Crippen molar-refractivity contribution in [2.75, 3.05) is 6.79 Å². The van der Waals surface area contributed by atoms with Crippen molar-refractivity contribution in [3.8, 4) is 11.5 Å². The highest BCUT2D eigenvalue weighted by Gasteiger charge is 2.18. The zero-order valence-electron chi connectivity index (χ0n) is 6.34. The number of hydrogen-bond donors (Lipinski definition) is 1. The lowest BCUT2D eigenvalue weighted by Crippen LogP contribution is -1.99. The van der Waals surface area contributed by atoms with E-state index in [0.29, 0.717) is 17.3 Å². The summed E-state index contributed by atoms with van der Waals surface area (Å²) in [5, 5.41) is 0.627. The first-order valence-corrected chi connectivity index (χ1v) is 3.98. The summed E-state index contributed by atoms with van der Waals surface area (Å²) in [7, 11) is 0. The summed E-state index contributed by atoms with van der Waals surface area (Å²) in [5.41, 5.74) is 6.32. The smallest absolute Gasteiger partial charge is 0.231 e. The van der Waals surface area contributed by atoms with E-state index in [-0.39, 0.29) is 6.79 Å². The molecule has 1 heterocycles. The molecule has 0 radical (unpaired) electrons. The zero-order chi connectivity index (χ0) is 8.55. The van der Waals surface area contributed by atoms with Gasteiger partial charge in [-0.25, -0.2) is 0 Å². The van der Waals surface area contributed by atoms with Crippen molar-refractivity contribution in [1.29, 1.82) is 0 Å². The van der Waals surface area contributed by atoms with Crippen LogP contribution in [0.4, 0.5) is 0 Å². The number of halogens is 1. The maximum absolute atomic E-state index is 5.89. The molecule has 0 saturated carbocycles. The van der Waals surface area contributed by atoms with E-state index < -0.39 is 0 Å². The molecule has 0 aromatic heterocycles. The lowest BCUT2D eigenvalue weighted by molar-refractivity contribution is 0.173. The van der Waals surface area contributed by atoms with Gasteiger partial charge in [0.1, 0.15) is 0 Å². The molecule has 0 atom stereocenters. The van der Waals surface area contributed by atoms with E-state index in [9.17, 15) is 0 Å². The van der Waals surface area contributed by atoms with Gasteiger partial charge >= 0.3 is 0 Å². The Labute approximate surface area is 75.0 Å². The third-order valence-corrected chi connectivity index (χ3v) is 2.14. The molecule has 4 heteroatoms. The number of hydrogen-bond acceptors (Lipinski definition) is 3. The lowest BCUT2D eigenvalue weighted by atomic mass is 10.2. The van der Waals surface area contributed by atoms with E-state index in [1.165, 1.54) is 0 Å². The SMILES string of the molecule is NCc1c(Cl)ccc2c1OCO2. The fraction of sp³-hybridized carbons (Fsp3) is 0.250. The van der Waals surface area contributed by atoms with Crippen LogP contribution in [-0.2, 0) is 6.54 Å². The molecule has 0 spiro atoms. The average molecular weight is 186 g/mol. The van der Waals surface area contributed by atoms with Crippen LogP contribution in [0.15, 0.2) is 12.1 Å². The molecule has 0 amide bonds. The first kappa shape index (κ1) is 7.71. The monoisotopic (exact) mass is 185 g/mol. The Morgan fingerprint density at radius 2 is 2.25 bits per heavy atom. The van der Waals surface area contributed by atoms with Gasteiger partial charge in [-0.15, -0.1) is 0 Å². The van der Waals surface area contributed by atoms with Gasteiger partial charge in [0.05, 0.1) is 0 Å². The third kappa shape index (κ3) is 1.02. The van der Waals surface area contributed by atoms with E-state index in [2.05, 4.69) is 0 Å². The van der Waals surface area contributed by atoms with Gasteiger partial charge < -0.3 is 15.2 Å². The van der Waals surface area contributed by atoms with E-state index >= 15 is 0 Å². The maximum atomic E-state index is 5.89. The van der Waals surface area contributed by atoms with Crippen LogP contribution in [0.1, 0.15) is 5.56 Å². The fourth-order valence-electron chi connectivity index (χ4n) is 1.20. The topological polar surface area (TPSA) is 44.5 Å². The molecular weight excluding hydrogens is 178 g/mol. The Morgan fingerprint density at radius 1 is 1.42 bits per heavy atom. The Balaban J connectivity index is 2.57. The number of nitrogens with two attached hydrogens (primary N) is 1. The zero-order valence-corrected chi connectivity index (χ0v) is 7.10. The van der Waals surface area contributed by atoms with Crippen LogP contribution < -0.4 is 15.2 Å². The number of fused-ring (bicyclic) bond motifs is 1. The molecular formula is C8H8ClNO2. The van der Waals surface area contributed by atoms with Gasteiger partial charge in [-0.05, 0) is 12.1 Å². The summed E-state index contributed by atoms with van der Waals surface area (Å²) in [4.78, 5) is 0. The van der Waals surface area contributed by atoms with E-state index in [4.69, 9.17) is 26.8 Å².